The van der Waals surface area contributed by atoms with Crippen molar-refractivity contribution in [2.24, 2.45) is 5.73 Å². The van der Waals surface area contributed by atoms with E-state index in [1.165, 1.54) is 0 Å². The van der Waals surface area contributed by atoms with Crippen LogP contribution in [0.4, 0.5) is 4.79 Å². The van der Waals surface area contributed by atoms with Crippen molar-refractivity contribution < 1.29 is 9.53 Å². The van der Waals surface area contributed by atoms with Crippen LogP contribution in [0.25, 0.3) is 0 Å². The summed E-state index contributed by atoms with van der Waals surface area (Å²) in [5.74, 6) is 0. The number of hydrogen-bond donors (Lipinski definition) is 2. The van der Waals surface area contributed by atoms with E-state index in [1.54, 1.807) is 0 Å². The maximum atomic E-state index is 11.7. The summed E-state index contributed by atoms with van der Waals surface area (Å²) < 4.78 is 5.17. The summed E-state index contributed by atoms with van der Waals surface area (Å²) in [6, 6.07) is -0.0573. The molecule has 2 atom stereocenters. The molecule has 2 saturated heterocycles. The lowest BCUT2D eigenvalue weighted by atomic mass is 10.2. The van der Waals surface area contributed by atoms with Crippen molar-refractivity contribution in [3.05, 3.63) is 0 Å². The lowest BCUT2D eigenvalue weighted by molar-refractivity contribution is 0.181. The first-order valence-corrected chi connectivity index (χ1v) is 5.16. The molecule has 0 aromatic heterocycles. The Labute approximate surface area is 83.6 Å². The van der Waals surface area contributed by atoms with Crippen molar-refractivity contribution in [2.75, 3.05) is 26.3 Å². The zero-order valence-electron chi connectivity index (χ0n) is 8.24. The molecule has 80 valence electrons. The van der Waals surface area contributed by atoms with Gasteiger partial charge in [0.05, 0.1) is 25.3 Å². The largest absolute Gasteiger partial charge is 0.378 e. The minimum absolute atomic E-state index is 0.00782. The number of nitrogens with zero attached hydrogens (tertiary/aromatic N) is 1. The van der Waals surface area contributed by atoms with E-state index in [2.05, 4.69) is 5.32 Å². The Morgan fingerprint density at radius 3 is 2.64 bits per heavy atom. The van der Waals surface area contributed by atoms with E-state index < -0.39 is 0 Å². The molecule has 2 fully saturated rings. The van der Waals surface area contributed by atoms with Crippen molar-refractivity contribution in [1.82, 2.24) is 10.2 Å². The molecule has 0 spiro atoms. The molecule has 2 rings (SSSR count). The first-order valence-electron chi connectivity index (χ1n) is 5.16. The predicted molar refractivity (Wildman–Crippen MR) is 51.9 cm³/mol. The number of nitrogens with two attached hydrogens (primary N) is 1. The number of likely N-dealkylation sites (tertiary alicyclic amines) is 1. The number of carbonyl (C=O) groups is 1. The van der Waals surface area contributed by atoms with Gasteiger partial charge >= 0.3 is 6.03 Å². The van der Waals surface area contributed by atoms with Gasteiger partial charge in [-0.15, -0.1) is 0 Å². The fraction of sp³-hybridized carbons (Fsp3) is 0.889. The number of hydrogen-bond acceptors (Lipinski definition) is 3. The third kappa shape index (κ3) is 1.99. The fourth-order valence-corrected chi connectivity index (χ4v) is 1.89. The molecular formula is C9H17N3O2. The second kappa shape index (κ2) is 4.14. The molecule has 0 aliphatic carbocycles. The highest BCUT2D eigenvalue weighted by Gasteiger charge is 2.28. The van der Waals surface area contributed by atoms with Gasteiger partial charge in [0.25, 0.3) is 0 Å². The Morgan fingerprint density at radius 1 is 1.36 bits per heavy atom. The Balaban J connectivity index is 1.81. The van der Waals surface area contributed by atoms with Crippen molar-refractivity contribution in [1.29, 1.82) is 0 Å². The minimum atomic E-state index is -0.0541. The Bertz CT molecular complexity index is 216. The molecule has 0 bridgehead atoms. The number of carbonyl (C=O) groups excluding carboxylic acids is 1. The van der Waals surface area contributed by atoms with E-state index in [0.29, 0.717) is 13.2 Å². The van der Waals surface area contributed by atoms with Crippen LogP contribution in [-0.2, 0) is 4.74 Å². The third-order valence-electron chi connectivity index (χ3n) is 2.83. The molecule has 2 aliphatic rings. The van der Waals surface area contributed by atoms with Gasteiger partial charge in [0.2, 0.25) is 0 Å². The summed E-state index contributed by atoms with van der Waals surface area (Å²) in [5, 5.41) is 2.91. The Kier molecular flexibility index (Phi) is 2.88. The van der Waals surface area contributed by atoms with Gasteiger partial charge in [0, 0.05) is 13.1 Å². The highest BCUT2D eigenvalue weighted by molar-refractivity contribution is 5.74. The van der Waals surface area contributed by atoms with E-state index in [-0.39, 0.29) is 18.1 Å². The first-order chi connectivity index (χ1) is 6.77. The fourth-order valence-electron chi connectivity index (χ4n) is 1.89. The number of rotatable bonds is 1. The Hall–Kier alpha value is -0.810. The van der Waals surface area contributed by atoms with E-state index in [4.69, 9.17) is 10.5 Å². The lowest BCUT2D eigenvalue weighted by Gasteiger charge is -2.21. The summed E-state index contributed by atoms with van der Waals surface area (Å²) in [4.78, 5) is 13.5. The highest BCUT2D eigenvalue weighted by atomic mass is 16.5. The maximum Gasteiger partial charge on any atom is 0.317 e. The Morgan fingerprint density at radius 2 is 2.07 bits per heavy atom. The van der Waals surface area contributed by atoms with Gasteiger partial charge in [-0.3, -0.25) is 0 Å². The van der Waals surface area contributed by atoms with Crippen LogP contribution in [0.2, 0.25) is 0 Å². The topological polar surface area (TPSA) is 67.6 Å². The molecule has 0 aromatic rings. The van der Waals surface area contributed by atoms with Crippen molar-refractivity contribution in [3.8, 4) is 0 Å². The van der Waals surface area contributed by atoms with Crippen LogP contribution in [0, 0.1) is 0 Å². The van der Waals surface area contributed by atoms with Gasteiger partial charge in [-0.2, -0.15) is 0 Å². The first kappa shape index (κ1) is 9.73. The molecule has 5 nitrogen and oxygen atoms in total. The zero-order chi connectivity index (χ0) is 9.97. The van der Waals surface area contributed by atoms with Gasteiger partial charge < -0.3 is 20.7 Å². The molecule has 2 aliphatic heterocycles. The van der Waals surface area contributed by atoms with Crippen LogP contribution in [0.1, 0.15) is 12.8 Å². The summed E-state index contributed by atoms with van der Waals surface area (Å²) in [7, 11) is 0. The smallest absolute Gasteiger partial charge is 0.317 e. The van der Waals surface area contributed by atoms with Crippen LogP contribution in [0.3, 0.4) is 0 Å². The van der Waals surface area contributed by atoms with Crippen LogP contribution in [0.5, 0.6) is 0 Å². The van der Waals surface area contributed by atoms with Gasteiger partial charge in [-0.25, -0.2) is 4.79 Å². The standard InChI is InChI=1S/C9H17N3O2/c10-7-5-14-6-8(7)11-9(13)12-3-1-2-4-12/h7-8H,1-6,10H2,(H,11,13). The quantitative estimate of drug-likeness (QED) is 0.599. The van der Waals surface area contributed by atoms with Crippen molar-refractivity contribution in [2.45, 2.75) is 24.9 Å². The molecule has 0 aromatic carbocycles. The summed E-state index contributed by atoms with van der Waals surface area (Å²) in [6.45, 7) is 2.83. The summed E-state index contributed by atoms with van der Waals surface area (Å²) >= 11 is 0. The average molecular weight is 199 g/mol. The van der Waals surface area contributed by atoms with Crippen LogP contribution in [-0.4, -0.2) is 49.3 Å². The van der Waals surface area contributed by atoms with Crippen LogP contribution >= 0.6 is 0 Å². The molecule has 0 saturated carbocycles. The van der Waals surface area contributed by atoms with Crippen molar-refractivity contribution >= 4 is 6.03 Å². The zero-order valence-corrected chi connectivity index (χ0v) is 8.24. The second-order valence-corrected chi connectivity index (χ2v) is 3.95. The minimum Gasteiger partial charge on any atom is -0.378 e. The van der Waals surface area contributed by atoms with Crippen molar-refractivity contribution in [3.63, 3.8) is 0 Å². The third-order valence-corrected chi connectivity index (χ3v) is 2.83. The molecular weight excluding hydrogens is 182 g/mol. The predicted octanol–water partition coefficient (Wildman–Crippen LogP) is -0.482. The SMILES string of the molecule is NC1COCC1NC(=O)N1CCCC1. The monoisotopic (exact) mass is 199 g/mol. The van der Waals surface area contributed by atoms with Crippen LogP contribution in [0.15, 0.2) is 0 Å². The number of nitrogens with one attached hydrogen (secondary N) is 1. The lowest BCUT2D eigenvalue weighted by Crippen LogP contribution is -2.50. The summed E-state index contributed by atoms with van der Waals surface area (Å²) in [6.07, 6.45) is 2.22. The van der Waals surface area contributed by atoms with Gasteiger partial charge in [0.1, 0.15) is 0 Å². The highest BCUT2D eigenvalue weighted by Crippen LogP contribution is 2.09. The van der Waals surface area contributed by atoms with Gasteiger partial charge in [-0.1, -0.05) is 0 Å². The average Bonchev–Trinajstić information content (AvgIpc) is 2.77. The van der Waals surface area contributed by atoms with E-state index in [9.17, 15) is 4.79 Å². The van der Waals surface area contributed by atoms with E-state index in [0.717, 1.165) is 25.9 Å². The number of ether oxygens (including phenoxy) is 1. The number of urea groups is 1. The number of amides is 2. The normalized spacial score (nSPS) is 32.2. The van der Waals surface area contributed by atoms with Crippen LogP contribution < -0.4 is 11.1 Å². The van der Waals surface area contributed by atoms with E-state index >= 15 is 0 Å². The van der Waals surface area contributed by atoms with Gasteiger partial charge in [0.15, 0.2) is 0 Å². The molecule has 3 N–H and O–H groups in total. The molecule has 2 unspecified atom stereocenters. The van der Waals surface area contributed by atoms with E-state index in [1.807, 2.05) is 4.90 Å². The molecule has 5 heteroatoms. The second-order valence-electron chi connectivity index (χ2n) is 3.95. The summed E-state index contributed by atoms with van der Waals surface area (Å²) in [5.41, 5.74) is 5.77. The molecule has 14 heavy (non-hydrogen) atoms. The molecule has 2 amide bonds. The molecule has 2 heterocycles. The molecule has 0 radical (unpaired) electrons. The van der Waals surface area contributed by atoms with Gasteiger partial charge in [-0.05, 0) is 12.8 Å². The maximum absolute atomic E-state index is 11.7.